The lowest BCUT2D eigenvalue weighted by Gasteiger charge is -2.14. The van der Waals surface area contributed by atoms with E-state index in [1.807, 2.05) is 72.8 Å². The SMILES string of the molecule is CC(Oc1cc(-c2ccccc2)ccn1)C(=O)OCc1ccccc1. The van der Waals surface area contributed by atoms with E-state index in [9.17, 15) is 4.79 Å². The van der Waals surface area contributed by atoms with Crippen molar-refractivity contribution >= 4 is 5.97 Å². The molecule has 3 rings (SSSR count). The number of carbonyl (C=O) groups is 1. The molecule has 0 aliphatic heterocycles. The minimum atomic E-state index is -0.734. The number of nitrogens with zero attached hydrogens (tertiary/aromatic N) is 1. The van der Waals surface area contributed by atoms with Gasteiger partial charge in [-0.2, -0.15) is 0 Å². The summed E-state index contributed by atoms with van der Waals surface area (Å²) in [4.78, 5) is 16.3. The molecule has 0 N–H and O–H groups in total. The second-order valence-electron chi connectivity index (χ2n) is 5.60. The van der Waals surface area contributed by atoms with E-state index in [1.165, 1.54) is 0 Å². The molecule has 2 aromatic carbocycles. The average Bonchev–Trinajstić information content (AvgIpc) is 2.68. The third-order valence-electron chi connectivity index (χ3n) is 3.70. The van der Waals surface area contributed by atoms with Gasteiger partial charge in [-0.15, -0.1) is 0 Å². The van der Waals surface area contributed by atoms with E-state index in [0.29, 0.717) is 5.88 Å². The van der Waals surface area contributed by atoms with Crippen LogP contribution in [0.1, 0.15) is 12.5 Å². The molecule has 0 saturated heterocycles. The topological polar surface area (TPSA) is 48.4 Å². The maximum absolute atomic E-state index is 12.1. The summed E-state index contributed by atoms with van der Waals surface area (Å²) < 4.78 is 10.9. The lowest BCUT2D eigenvalue weighted by atomic mass is 10.1. The zero-order chi connectivity index (χ0) is 17.5. The van der Waals surface area contributed by atoms with Crippen molar-refractivity contribution in [3.05, 3.63) is 84.6 Å². The highest BCUT2D eigenvalue weighted by molar-refractivity contribution is 5.74. The Labute approximate surface area is 147 Å². The smallest absolute Gasteiger partial charge is 0.347 e. The molecule has 4 nitrogen and oxygen atoms in total. The molecule has 1 unspecified atom stereocenters. The highest BCUT2D eigenvalue weighted by Crippen LogP contribution is 2.22. The van der Waals surface area contributed by atoms with Crippen molar-refractivity contribution in [1.29, 1.82) is 0 Å². The zero-order valence-electron chi connectivity index (χ0n) is 14.0. The second kappa shape index (κ2) is 8.11. The highest BCUT2D eigenvalue weighted by Gasteiger charge is 2.17. The summed E-state index contributed by atoms with van der Waals surface area (Å²) >= 11 is 0. The van der Waals surface area contributed by atoms with Gasteiger partial charge in [-0.3, -0.25) is 0 Å². The number of esters is 1. The standard InChI is InChI=1S/C21H19NO3/c1-16(21(23)24-15-17-8-4-2-5-9-17)25-20-14-19(12-13-22-20)18-10-6-3-7-11-18/h2-14,16H,15H2,1H3. The molecule has 0 saturated carbocycles. The van der Waals surface area contributed by atoms with Crippen LogP contribution < -0.4 is 4.74 Å². The first-order chi connectivity index (χ1) is 12.2. The number of carbonyl (C=O) groups excluding carboxylic acids is 1. The molecule has 0 aliphatic carbocycles. The molecular formula is C21H19NO3. The Balaban J connectivity index is 1.60. The minimum Gasteiger partial charge on any atom is -0.463 e. The van der Waals surface area contributed by atoms with Gasteiger partial charge >= 0.3 is 5.97 Å². The Morgan fingerprint density at radius 3 is 2.36 bits per heavy atom. The van der Waals surface area contributed by atoms with E-state index < -0.39 is 12.1 Å². The maximum Gasteiger partial charge on any atom is 0.347 e. The molecule has 25 heavy (non-hydrogen) atoms. The van der Waals surface area contributed by atoms with Gasteiger partial charge in [-0.25, -0.2) is 9.78 Å². The van der Waals surface area contributed by atoms with E-state index in [1.54, 1.807) is 13.1 Å². The molecule has 1 heterocycles. The number of rotatable bonds is 6. The van der Waals surface area contributed by atoms with Crippen LogP contribution in [-0.2, 0) is 16.1 Å². The fourth-order valence-corrected chi connectivity index (χ4v) is 2.36. The summed E-state index contributed by atoms with van der Waals surface area (Å²) in [6.45, 7) is 1.88. The third-order valence-corrected chi connectivity index (χ3v) is 3.70. The summed E-state index contributed by atoms with van der Waals surface area (Å²) in [5.41, 5.74) is 2.98. The van der Waals surface area contributed by atoms with E-state index in [2.05, 4.69) is 4.98 Å². The molecule has 0 radical (unpaired) electrons. The zero-order valence-corrected chi connectivity index (χ0v) is 14.0. The lowest BCUT2D eigenvalue weighted by molar-refractivity contribution is -0.152. The quantitative estimate of drug-likeness (QED) is 0.633. The Kier molecular flexibility index (Phi) is 5.42. The van der Waals surface area contributed by atoms with Crippen LogP contribution in [0, 0.1) is 0 Å². The molecular weight excluding hydrogens is 314 g/mol. The number of pyridine rings is 1. The van der Waals surface area contributed by atoms with Gasteiger partial charge in [0.05, 0.1) is 0 Å². The Morgan fingerprint density at radius 2 is 1.64 bits per heavy atom. The summed E-state index contributed by atoms with van der Waals surface area (Å²) in [5.74, 6) is -0.0266. The van der Waals surface area contributed by atoms with Gasteiger partial charge in [0.15, 0.2) is 6.10 Å². The monoisotopic (exact) mass is 333 g/mol. The van der Waals surface area contributed by atoms with Crippen LogP contribution in [0.2, 0.25) is 0 Å². The van der Waals surface area contributed by atoms with Crippen molar-refractivity contribution in [3.63, 3.8) is 0 Å². The normalized spacial score (nSPS) is 11.6. The lowest BCUT2D eigenvalue weighted by Crippen LogP contribution is -2.26. The molecule has 126 valence electrons. The Hall–Kier alpha value is -3.14. The fourth-order valence-electron chi connectivity index (χ4n) is 2.36. The first-order valence-corrected chi connectivity index (χ1v) is 8.11. The van der Waals surface area contributed by atoms with Crippen LogP contribution in [-0.4, -0.2) is 17.1 Å². The third kappa shape index (κ3) is 4.67. The van der Waals surface area contributed by atoms with Crippen molar-refractivity contribution in [2.75, 3.05) is 0 Å². The number of ether oxygens (including phenoxy) is 2. The molecule has 0 amide bonds. The molecule has 1 aromatic heterocycles. The number of aromatic nitrogens is 1. The van der Waals surface area contributed by atoms with Crippen LogP contribution >= 0.6 is 0 Å². The van der Waals surface area contributed by atoms with Gasteiger partial charge in [-0.1, -0.05) is 60.7 Å². The van der Waals surface area contributed by atoms with Gasteiger partial charge < -0.3 is 9.47 Å². The van der Waals surface area contributed by atoms with Crippen LogP contribution in [0.25, 0.3) is 11.1 Å². The van der Waals surface area contributed by atoms with Crippen molar-refractivity contribution in [3.8, 4) is 17.0 Å². The molecule has 4 heteroatoms. The molecule has 1 atom stereocenters. The van der Waals surface area contributed by atoms with E-state index in [-0.39, 0.29) is 6.61 Å². The van der Waals surface area contributed by atoms with Crippen molar-refractivity contribution < 1.29 is 14.3 Å². The van der Waals surface area contributed by atoms with Crippen molar-refractivity contribution in [1.82, 2.24) is 4.98 Å². The number of benzene rings is 2. The first kappa shape index (κ1) is 16.7. The Morgan fingerprint density at radius 1 is 0.960 bits per heavy atom. The predicted octanol–water partition coefficient (Wildman–Crippen LogP) is 4.26. The highest BCUT2D eigenvalue weighted by atomic mass is 16.6. The van der Waals surface area contributed by atoms with E-state index in [4.69, 9.17) is 9.47 Å². The Bertz CT molecular complexity index is 819. The van der Waals surface area contributed by atoms with Gasteiger partial charge in [0.1, 0.15) is 6.61 Å². The van der Waals surface area contributed by atoms with Crippen LogP contribution in [0.3, 0.4) is 0 Å². The summed E-state index contributed by atoms with van der Waals surface area (Å²) in [5, 5.41) is 0. The van der Waals surface area contributed by atoms with Crippen molar-refractivity contribution in [2.45, 2.75) is 19.6 Å². The number of hydrogen-bond acceptors (Lipinski definition) is 4. The van der Waals surface area contributed by atoms with Gasteiger partial charge in [0.2, 0.25) is 5.88 Å². The number of hydrogen-bond donors (Lipinski definition) is 0. The molecule has 0 aliphatic rings. The average molecular weight is 333 g/mol. The maximum atomic E-state index is 12.1. The van der Waals surface area contributed by atoms with Crippen LogP contribution in [0.4, 0.5) is 0 Å². The molecule has 0 bridgehead atoms. The van der Waals surface area contributed by atoms with Gasteiger partial charge in [-0.05, 0) is 29.7 Å². The van der Waals surface area contributed by atoms with Crippen LogP contribution in [0.15, 0.2) is 79.0 Å². The van der Waals surface area contributed by atoms with E-state index >= 15 is 0 Å². The molecule has 0 spiro atoms. The summed E-state index contributed by atoms with van der Waals surface area (Å²) in [6.07, 6.45) is 0.932. The van der Waals surface area contributed by atoms with Gasteiger partial charge in [0, 0.05) is 12.3 Å². The second-order valence-corrected chi connectivity index (χ2v) is 5.60. The summed E-state index contributed by atoms with van der Waals surface area (Å²) in [7, 11) is 0. The van der Waals surface area contributed by atoms with Crippen LogP contribution in [0.5, 0.6) is 5.88 Å². The molecule has 3 aromatic rings. The van der Waals surface area contributed by atoms with Crippen molar-refractivity contribution in [2.24, 2.45) is 0 Å². The van der Waals surface area contributed by atoms with Gasteiger partial charge in [0.25, 0.3) is 0 Å². The first-order valence-electron chi connectivity index (χ1n) is 8.11. The fraction of sp³-hybridized carbons (Fsp3) is 0.143. The largest absolute Gasteiger partial charge is 0.463 e. The predicted molar refractivity (Wildman–Crippen MR) is 96.0 cm³/mol. The summed E-state index contributed by atoms with van der Waals surface area (Å²) in [6, 6.07) is 23.2. The molecule has 0 fully saturated rings. The van der Waals surface area contributed by atoms with E-state index in [0.717, 1.165) is 16.7 Å². The minimum absolute atomic E-state index is 0.227.